The summed E-state index contributed by atoms with van der Waals surface area (Å²) in [4.78, 5) is 40.2. The summed E-state index contributed by atoms with van der Waals surface area (Å²) >= 11 is 0. The maximum atomic E-state index is 14.0. The van der Waals surface area contributed by atoms with Gasteiger partial charge in [-0.2, -0.15) is 0 Å². The van der Waals surface area contributed by atoms with E-state index in [0.29, 0.717) is 11.1 Å². The molecule has 6 rings (SSSR count). The monoisotopic (exact) mass is 754 g/mol. The van der Waals surface area contributed by atoms with Crippen LogP contribution < -0.4 is 14.9 Å². The molecule has 0 radical (unpaired) electrons. The van der Waals surface area contributed by atoms with Gasteiger partial charge in [0.25, 0.3) is 0 Å². The summed E-state index contributed by atoms with van der Waals surface area (Å²) in [6.07, 6.45) is -3.12. The molecule has 5 aromatic rings. The third-order valence-corrected chi connectivity index (χ3v) is 8.46. The molecule has 1 aliphatic heterocycles. The molecule has 0 unspecified atom stereocenters. The number of phenols is 5. The lowest BCUT2D eigenvalue weighted by Gasteiger charge is -2.41. The molecule has 6 N–H and O–H groups in total. The molecule has 1 aliphatic rings. The Morgan fingerprint density at radius 2 is 1.33 bits per heavy atom. The van der Waals surface area contributed by atoms with E-state index in [1.165, 1.54) is 92.9 Å². The number of ether oxygens (including phenoxy) is 5. The smallest absolute Gasteiger partial charge is 0.331 e. The summed E-state index contributed by atoms with van der Waals surface area (Å²) in [6, 6.07) is 17.7. The van der Waals surface area contributed by atoms with E-state index in [4.69, 9.17) is 28.1 Å². The van der Waals surface area contributed by atoms with Crippen molar-refractivity contribution in [1.82, 2.24) is 0 Å². The quantitative estimate of drug-likeness (QED) is 0.0836. The van der Waals surface area contributed by atoms with Crippen LogP contribution in [0.1, 0.15) is 18.1 Å². The maximum Gasteiger partial charge on any atom is 0.331 e. The van der Waals surface area contributed by atoms with Gasteiger partial charge in [-0.05, 0) is 78.7 Å². The molecule has 1 saturated heterocycles. The van der Waals surface area contributed by atoms with Crippen LogP contribution in [0.2, 0.25) is 0 Å². The summed E-state index contributed by atoms with van der Waals surface area (Å²) in [5.41, 5.74) is 0.0352. The molecule has 15 heteroatoms. The van der Waals surface area contributed by atoms with Crippen LogP contribution in [0.15, 0.2) is 100 Å². The van der Waals surface area contributed by atoms with Gasteiger partial charge in [0.15, 0.2) is 29.5 Å². The van der Waals surface area contributed by atoms with Crippen molar-refractivity contribution in [3.63, 3.8) is 0 Å². The predicted octanol–water partition coefficient (Wildman–Crippen LogP) is 4.73. The number of hydrogen-bond acceptors (Lipinski definition) is 15. The van der Waals surface area contributed by atoms with E-state index >= 15 is 0 Å². The first-order chi connectivity index (χ1) is 26.3. The number of methoxy groups -OCH3 is 1. The van der Waals surface area contributed by atoms with E-state index in [1.54, 1.807) is 0 Å². The van der Waals surface area contributed by atoms with Crippen LogP contribution in [0.3, 0.4) is 0 Å². The highest BCUT2D eigenvalue weighted by Crippen LogP contribution is 2.38. The molecule has 15 nitrogen and oxygen atoms in total. The number of carbonyl (C=O) groups excluding carboxylic acids is 2. The largest absolute Gasteiger partial charge is 0.508 e. The molecule has 1 fully saturated rings. The molecular weight excluding hydrogens is 720 g/mol. The molecular formula is C40H34O15. The summed E-state index contributed by atoms with van der Waals surface area (Å²) in [7, 11) is 1.36. The Morgan fingerprint density at radius 3 is 1.98 bits per heavy atom. The number of aliphatic hydroxyl groups is 1. The third-order valence-electron chi connectivity index (χ3n) is 8.46. The van der Waals surface area contributed by atoms with Gasteiger partial charge in [0.1, 0.15) is 40.1 Å². The van der Waals surface area contributed by atoms with Crippen LogP contribution in [0.4, 0.5) is 0 Å². The number of benzene rings is 4. The second-order valence-corrected chi connectivity index (χ2v) is 12.3. The molecule has 4 aromatic carbocycles. The zero-order chi connectivity index (χ0) is 39.4. The minimum Gasteiger partial charge on any atom is -0.508 e. The van der Waals surface area contributed by atoms with Gasteiger partial charge in [-0.1, -0.05) is 18.2 Å². The van der Waals surface area contributed by atoms with Crippen LogP contribution in [-0.2, 0) is 23.8 Å². The highest BCUT2D eigenvalue weighted by Gasteiger charge is 2.49. The molecule has 5 atom stereocenters. The van der Waals surface area contributed by atoms with Crippen LogP contribution in [-0.4, -0.2) is 80.4 Å². The zero-order valence-corrected chi connectivity index (χ0v) is 29.1. The fraction of sp³-hybridized carbons (Fsp3) is 0.175. The standard InChI is InChI=1S/C40H34O15/c1-20-36(53-31(46)16-7-22-5-14-27(44)29(17-22)50-2)35(49)39(54-32(47)15-6-21-3-10-24(41)11-4-21)40(51-20)55-38-34(48)33-28(45)18-26(43)19-30(33)52-37(38)23-8-12-25(42)13-9-23/h3-20,35-36,39-45,49H,1-2H3/b15-6+,16-7+/t20-,35+,36-,39+,40-/m0/s1. The highest BCUT2D eigenvalue weighted by atomic mass is 16.7. The summed E-state index contributed by atoms with van der Waals surface area (Å²) in [5, 5.41) is 61.3. The normalized spacial score (nSPS) is 19.7. The topological polar surface area (TPSA) is 232 Å². The molecule has 0 bridgehead atoms. The lowest BCUT2D eigenvalue weighted by Crippen LogP contribution is -2.61. The molecule has 0 aliphatic carbocycles. The van der Waals surface area contributed by atoms with E-state index in [9.17, 15) is 45.0 Å². The van der Waals surface area contributed by atoms with E-state index in [2.05, 4.69) is 0 Å². The van der Waals surface area contributed by atoms with Crippen LogP contribution in [0.5, 0.6) is 40.2 Å². The Morgan fingerprint density at radius 1 is 0.727 bits per heavy atom. The number of aliphatic hydroxyl groups excluding tert-OH is 1. The Kier molecular flexibility index (Phi) is 11.0. The third kappa shape index (κ3) is 8.48. The molecule has 2 heterocycles. The van der Waals surface area contributed by atoms with Crippen molar-refractivity contribution in [1.29, 1.82) is 0 Å². The Bertz CT molecular complexity index is 2330. The number of aromatic hydroxyl groups is 5. The van der Waals surface area contributed by atoms with Crippen molar-refractivity contribution in [3.8, 4) is 51.6 Å². The van der Waals surface area contributed by atoms with E-state index in [0.717, 1.165) is 24.3 Å². The Hall–Kier alpha value is -6.97. The second kappa shape index (κ2) is 16.0. The number of rotatable bonds is 10. The van der Waals surface area contributed by atoms with Gasteiger partial charge in [-0.15, -0.1) is 0 Å². The summed E-state index contributed by atoms with van der Waals surface area (Å²) < 4.78 is 34.3. The lowest BCUT2D eigenvalue weighted by atomic mass is 9.99. The molecule has 1 aromatic heterocycles. The molecule has 55 heavy (non-hydrogen) atoms. The average molecular weight is 755 g/mol. The highest BCUT2D eigenvalue weighted by molar-refractivity contribution is 5.89. The fourth-order valence-electron chi connectivity index (χ4n) is 5.73. The van der Waals surface area contributed by atoms with Crippen molar-refractivity contribution in [2.24, 2.45) is 0 Å². The molecule has 0 amide bonds. The predicted molar refractivity (Wildman–Crippen MR) is 194 cm³/mol. The Labute approximate surface area is 311 Å². The van der Waals surface area contributed by atoms with E-state index < -0.39 is 65.3 Å². The van der Waals surface area contributed by atoms with Gasteiger partial charge in [-0.3, -0.25) is 4.79 Å². The van der Waals surface area contributed by atoms with Crippen molar-refractivity contribution in [2.45, 2.75) is 37.6 Å². The first-order valence-corrected chi connectivity index (χ1v) is 16.6. The summed E-state index contributed by atoms with van der Waals surface area (Å²) in [5.74, 6) is -3.83. The van der Waals surface area contributed by atoms with E-state index in [-0.39, 0.29) is 45.3 Å². The number of carbonyl (C=O) groups is 2. The van der Waals surface area contributed by atoms with Gasteiger partial charge < -0.3 is 58.7 Å². The molecule has 0 saturated carbocycles. The van der Waals surface area contributed by atoms with Gasteiger partial charge in [-0.25, -0.2) is 9.59 Å². The van der Waals surface area contributed by atoms with Gasteiger partial charge in [0, 0.05) is 29.8 Å². The average Bonchev–Trinajstić information content (AvgIpc) is 3.15. The summed E-state index contributed by atoms with van der Waals surface area (Å²) in [6.45, 7) is 1.44. The van der Waals surface area contributed by atoms with Crippen molar-refractivity contribution in [3.05, 3.63) is 112 Å². The van der Waals surface area contributed by atoms with Crippen molar-refractivity contribution in [2.75, 3.05) is 7.11 Å². The minimum absolute atomic E-state index is 0.00417. The maximum absolute atomic E-state index is 14.0. The van der Waals surface area contributed by atoms with Gasteiger partial charge in [0.2, 0.25) is 17.5 Å². The van der Waals surface area contributed by atoms with Crippen LogP contribution in [0.25, 0.3) is 34.4 Å². The van der Waals surface area contributed by atoms with Gasteiger partial charge >= 0.3 is 11.9 Å². The number of esters is 2. The molecule has 0 spiro atoms. The Balaban J connectivity index is 1.34. The van der Waals surface area contributed by atoms with Crippen LogP contribution in [0, 0.1) is 0 Å². The zero-order valence-electron chi connectivity index (χ0n) is 29.1. The fourth-order valence-corrected chi connectivity index (χ4v) is 5.73. The van der Waals surface area contributed by atoms with Crippen molar-refractivity contribution < 1.29 is 68.3 Å². The lowest BCUT2D eigenvalue weighted by molar-refractivity contribution is -0.275. The first-order valence-electron chi connectivity index (χ1n) is 16.6. The van der Waals surface area contributed by atoms with Gasteiger partial charge in [0.05, 0.1) is 13.2 Å². The van der Waals surface area contributed by atoms with Crippen LogP contribution >= 0.6 is 0 Å². The SMILES string of the molecule is COc1cc(/C=C/C(=O)O[C@@H]2[C@@H](O)[C@@H](OC(=O)/C=C/c3ccc(O)cc3)[C@H](Oc3c(-c4ccc(O)cc4)oc4cc(O)cc(O)c4c3=O)O[C@H]2C)ccc1O. The van der Waals surface area contributed by atoms with E-state index in [1.807, 2.05) is 0 Å². The number of fused-ring (bicyclic) bond motifs is 1. The van der Waals surface area contributed by atoms with Crippen molar-refractivity contribution >= 4 is 35.1 Å². The number of hydrogen-bond donors (Lipinski definition) is 6. The first kappa shape index (κ1) is 37.8. The molecule has 284 valence electrons. The second-order valence-electron chi connectivity index (χ2n) is 12.3. The minimum atomic E-state index is -1.82. The number of phenolic OH excluding ortho intramolecular Hbond substituents is 5.